The molecule has 3 rings (SSSR count). The van der Waals surface area contributed by atoms with E-state index in [1.807, 2.05) is 18.2 Å². The number of benzene rings is 2. The Kier molecular flexibility index (Phi) is 5.24. The number of methoxy groups -OCH3 is 1. The zero-order chi connectivity index (χ0) is 17.8. The number of hydrogen-bond donors (Lipinski definition) is 1. The van der Waals surface area contributed by atoms with Gasteiger partial charge in [-0.25, -0.2) is 0 Å². The average Bonchev–Trinajstić information content (AvgIpc) is 3.01. The van der Waals surface area contributed by atoms with Crippen LogP contribution in [0.15, 0.2) is 48.5 Å². The third-order valence-electron chi connectivity index (χ3n) is 4.25. The van der Waals surface area contributed by atoms with Crippen molar-refractivity contribution < 1.29 is 14.3 Å². The van der Waals surface area contributed by atoms with Gasteiger partial charge >= 0.3 is 0 Å². The van der Waals surface area contributed by atoms with Gasteiger partial charge in [-0.05, 0) is 36.4 Å². The second-order valence-corrected chi connectivity index (χ2v) is 6.40. The summed E-state index contributed by atoms with van der Waals surface area (Å²) in [5.41, 5.74) is 1.32. The first kappa shape index (κ1) is 17.3. The molecule has 0 spiro atoms. The van der Waals surface area contributed by atoms with E-state index in [0.29, 0.717) is 35.8 Å². The van der Waals surface area contributed by atoms with E-state index in [1.54, 1.807) is 35.2 Å². The quantitative estimate of drug-likeness (QED) is 0.893. The molecule has 5 nitrogen and oxygen atoms in total. The number of amides is 2. The molecule has 0 aromatic heterocycles. The van der Waals surface area contributed by atoms with Crippen molar-refractivity contribution in [2.24, 2.45) is 5.92 Å². The van der Waals surface area contributed by atoms with E-state index in [2.05, 4.69) is 5.32 Å². The number of carbonyl (C=O) groups excluding carboxylic acids is 2. The first-order chi connectivity index (χ1) is 12.1. The van der Waals surface area contributed by atoms with Crippen LogP contribution in [-0.2, 0) is 4.79 Å². The maximum absolute atomic E-state index is 12.3. The predicted molar refractivity (Wildman–Crippen MR) is 97.2 cm³/mol. The second kappa shape index (κ2) is 7.57. The molecule has 130 valence electrons. The summed E-state index contributed by atoms with van der Waals surface area (Å²) in [5.74, 6) is 0.459. The van der Waals surface area contributed by atoms with Crippen LogP contribution in [0.5, 0.6) is 5.75 Å². The van der Waals surface area contributed by atoms with Crippen LogP contribution in [-0.4, -0.2) is 32.0 Å². The summed E-state index contributed by atoms with van der Waals surface area (Å²) < 4.78 is 5.21. The molecule has 2 aromatic carbocycles. The normalized spacial score (nSPS) is 16.8. The Balaban J connectivity index is 1.60. The summed E-state index contributed by atoms with van der Waals surface area (Å²) in [4.78, 5) is 26.3. The van der Waals surface area contributed by atoms with Gasteiger partial charge in [0.1, 0.15) is 5.75 Å². The van der Waals surface area contributed by atoms with Gasteiger partial charge in [0.05, 0.1) is 12.7 Å². The number of para-hydroxylation sites is 1. The van der Waals surface area contributed by atoms with E-state index in [0.717, 1.165) is 5.69 Å². The molecule has 0 radical (unpaired) electrons. The molecule has 1 unspecified atom stereocenters. The van der Waals surface area contributed by atoms with Crippen LogP contribution in [0.1, 0.15) is 16.8 Å². The van der Waals surface area contributed by atoms with Crippen LogP contribution in [0.4, 0.5) is 5.69 Å². The molecule has 1 aliphatic heterocycles. The summed E-state index contributed by atoms with van der Waals surface area (Å²) in [5, 5.41) is 3.53. The van der Waals surface area contributed by atoms with Crippen molar-refractivity contribution in [1.82, 2.24) is 5.32 Å². The van der Waals surface area contributed by atoms with Crippen LogP contribution in [0.3, 0.4) is 0 Å². The Labute approximate surface area is 151 Å². The van der Waals surface area contributed by atoms with Gasteiger partial charge < -0.3 is 15.0 Å². The minimum atomic E-state index is -0.199. The van der Waals surface area contributed by atoms with E-state index in [9.17, 15) is 9.59 Å². The number of ether oxygens (including phenoxy) is 1. The minimum Gasteiger partial charge on any atom is -0.496 e. The van der Waals surface area contributed by atoms with Gasteiger partial charge in [-0.2, -0.15) is 0 Å². The van der Waals surface area contributed by atoms with Gasteiger partial charge in [0.2, 0.25) is 5.91 Å². The predicted octanol–water partition coefficient (Wildman–Crippen LogP) is 3.13. The Morgan fingerprint density at radius 1 is 1.24 bits per heavy atom. The Morgan fingerprint density at radius 2 is 1.96 bits per heavy atom. The summed E-state index contributed by atoms with van der Waals surface area (Å²) >= 11 is 5.89. The van der Waals surface area contributed by atoms with E-state index >= 15 is 0 Å². The molecule has 1 saturated heterocycles. The fourth-order valence-electron chi connectivity index (χ4n) is 2.95. The molecule has 1 heterocycles. The fraction of sp³-hybridized carbons (Fsp3) is 0.263. The third-order valence-corrected chi connectivity index (χ3v) is 4.50. The summed E-state index contributed by atoms with van der Waals surface area (Å²) in [7, 11) is 1.53. The molecule has 1 fully saturated rings. The topological polar surface area (TPSA) is 58.6 Å². The van der Waals surface area contributed by atoms with E-state index in [-0.39, 0.29) is 17.7 Å². The number of nitrogens with zero attached hydrogens (tertiary/aromatic N) is 1. The number of halogens is 1. The molecular formula is C19H19ClN2O3. The molecule has 1 aliphatic rings. The van der Waals surface area contributed by atoms with Crippen molar-refractivity contribution in [3.05, 3.63) is 59.1 Å². The second-order valence-electron chi connectivity index (χ2n) is 5.96. The standard InChI is InChI=1S/C19H19ClN2O3/c1-25-17-5-3-2-4-16(17)19(24)21-11-13-10-18(23)22(12-13)15-8-6-14(20)7-9-15/h2-9,13H,10-12H2,1H3,(H,21,24). The van der Waals surface area contributed by atoms with Crippen molar-refractivity contribution in [3.63, 3.8) is 0 Å². The van der Waals surface area contributed by atoms with Gasteiger partial charge in [-0.3, -0.25) is 9.59 Å². The van der Waals surface area contributed by atoms with Gasteiger partial charge in [0.25, 0.3) is 5.91 Å². The highest BCUT2D eigenvalue weighted by Crippen LogP contribution is 2.26. The van der Waals surface area contributed by atoms with Crippen molar-refractivity contribution in [2.45, 2.75) is 6.42 Å². The summed E-state index contributed by atoms with van der Waals surface area (Å²) in [6, 6.07) is 14.3. The number of hydrogen-bond acceptors (Lipinski definition) is 3. The van der Waals surface area contributed by atoms with E-state index in [1.165, 1.54) is 7.11 Å². The monoisotopic (exact) mass is 358 g/mol. The lowest BCUT2D eigenvalue weighted by Gasteiger charge is -2.17. The molecule has 1 N–H and O–H groups in total. The van der Waals surface area contributed by atoms with E-state index in [4.69, 9.17) is 16.3 Å². The molecule has 2 aromatic rings. The average molecular weight is 359 g/mol. The Hall–Kier alpha value is -2.53. The maximum atomic E-state index is 12.3. The van der Waals surface area contributed by atoms with Gasteiger partial charge in [-0.1, -0.05) is 23.7 Å². The lowest BCUT2D eigenvalue weighted by Crippen LogP contribution is -2.31. The third kappa shape index (κ3) is 3.94. The summed E-state index contributed by atoms with van der Waals surface area (Å²) in [6.07, 6.45) is 0.412. The molecule has 0 saturated carbocycles. The highest BCUT2D eigenvalue weighted by atomic mass is 35.5. The van der Waals surface area contributed by atoms with E-state index < -0.39 is 0 Å². The van der Waals surface area contributed by atoms with Crippen LogP contribution in [0, 0.1) is 5.92 Å². The molecular weight excluding hydrogens is 340 g/mol. The molecule has 1 atom stereocenters. The zero-order valence-electron chi connectivity index (χ0n) is 13.9. The first-order valence-electron chi connectivity index (χ1n) is 8.05. The number of rotatable bonds is 5. The van der Waals surface area contributed by atoms with Crippen molar-refractivity contribution in [3.8, 4) is 5.75 Å². The highest BCUT2D eigenvalue weighted by molar-refractivity contribution is 6.30. The van der Waals surface area contributed by atoms with Crippen molar-refractivity contribution in [1.29, 1.82) is 0 Å². The largest absolute Gasteiger partial charge is 0.496 e. The van der Waals surface area contributed by atoms with Crippen LogP contribution >= 0.6 is 11.6 Å². The number of nitrogens with one attached hydrogen (secondary N) is 1. The van der Waals surface area contributed by atoms with Crippen LogP contribution in [0.25, 0.3) is 0 Å². The number of carbonyl (C=O) groups is 2. The Morgan fingerprint density at radius 3 is 2.68 bits per heavy atom. The molecule has 2 amide bonds. The van der Waals surface area contributed by atoms with Gasteiger partial charge in [-0.15, -0.1) is 0 Å². The zero-order valence-corrected chi connectivity index (χ0v) is 14.6. The SMILES string of the molecule is COc1ccccc1C(=O)NCC1CC(=O)N(c2ccc(Cl)cc2)C1. The van der Waals surface area contributed by atoms with Crippen molar-refractivity contribution >= 4 is 29.1 Å². The molecule has 6 heteroatoms. The molecule has 0 bridgehead atoms. The molecule has 25 heavy (non-hydrogen) atoms. The van der Waals surface area contributed by atoms with Crippen molar-refractivity contribution in [2.75, 3.05) is 25.1 Å². The lowest BCUT2D eigenvalue weighted by atomic mass is 10.1. The van der Waals surface area contributed by atoms with Crippen LogP contribution in [0.2, 0.25) is 5.02 Å². The smallest absolute Gasteiger partial charge is 0.255 e. The van der Waals surface area contributed by atoms with Crippen LogP contribution < -0.4 is 15.0 Å². The van der Waals surface area contributed by atoms with Gasteiger partial charge in [0.15, 0.2) is 0 Å². The van der Waals surface area contributed by atoms with Gasteiger partial charge in [0, 0.05) is 36.1 Å². The highest BCUT2D eigenvalue weighted by Gasteiger charge is 2.30. The lowest BCUT2D eigenvalue weighted by molar-refractivity contribution is -0.117. The molecule has 0 aliphatic carbocycles. The fourth-order valence-corrected chi connectivity index (χ4v) is 3.08. The summed E-state index contributed by atoms with van der Waals surface area (Å²) in [6.45, 7) is 1.01. The number of anilines is 1. The maximum Gasteiger partial charge on any atom is 0.255 e. The first-order valence-corrected chi connectivity index (χ1v) is 8.43. The Bertz CT molecular complexity index is 776. The minimum absolute atomic E-state index is 0.0545.